The van der Waals surface area contributed by atoms with E-state index in [1.807, 2.05) is 0 Å². The Morgan fingerprint density at radius 1 is 1.38 bits per heavy atom. The molecule has 0 aliphatic rings. The fourth-order valence-corrected chi connectivity index (χ4v) is 1.57. The molecular weight excluding hydrogens is 232 g/mol. The fourth-order valence-electron chi connectivity index (χ4n) is 1.37. The van der Waals surface area contributed by atoms with Gasteiger partial charge in [0, 0.05) is 6.61 Å². The van der Waals surface area contributed by atoms with E-state index in [-0.39, 0.29) is 13.0 Å². The molecule has 0 aliphatic carbocycles. The quantitative estimate of drug-likeness (QED) is 0.728. The summed E-state index contributed by atoms with van der Waals surface area (Å²) in [5.74, 6) is 0.439. The third kappa shape index (κ3) is 3.09. The average molecular weight is 247 g/mol. The van der Waals surface area contributed by atoms with Gasteiger partial charge < -0.3 is 20.1 Å². The zero-order chi connectivity index (χ0) is 12.1. The van der Waals surface area contributed by atoms with Gasteiger partial charge in [0.05, 0.1) is 18.2 Å². The predicted octanol–water partition coefficient (Wildman–Crippen LogP) is 1.13. The standard InChI is InChI=1S/C11H15ClO4/c1-16-10-6-7(2-3-8(10)12)11(15)9(14)4-5-13/h2-3,6,9,11,13-15H,4-5H2,1H3. The first-order valence-corrected chi connectivity index (χ1v) is 5.28. The van der Waals surface area contributed by atoms with Gasteiger partial charge in [-0.05, 0) is 24.1 Å². The first-order valence-electron chi connectivity index (χ1n) is 4.90. The van der Waals surface area contributed by atoms with Crippen molar-refractivity contribution in [2.75, 3.05) is 13.7 Å². The second kappa shape index (κ2) is 6.06. The zero-order valence-electron chi connectivity index (χ0n) is 8.93. The molecule has 0 aliphatic heterocycles. The van der Waals surface area contributed by atoms with Crippen LogP contribution in [0, 0.1) is 0 Å². The maximum absolute atomic E-state index is 9.77. The molecule has 0 saturated heterocycles. The summed E-state index contributed by atoms with van der Waals surface area (Å²) in [5, 5.41) is 28.4. The minimum atomic E-state index is -1.06. The van der Waals surface area contributed by atoms with Gasteiger partial charge in [0.1, 0.15) is 11.9 Å². The molecule has 0 fully saturated rings. The summed E-state index contributed by atoms with van der Waals surface area (Å²) in [6.45, 7) is -0.178. The van der Waals surface area contributed by atoms with Crippen molar-refractivity contribution in [3.05, 3.63) is 28.8 Å². The molecule has 2 unspecified atom stereocenters. The van der Waals surface area contributed by atoms with Crippen molar-refractivity contribution in [2.45, 2.75) is 18.6 Å². The summed E-state index contributed by atoms with van der Waals surface area (Å²) in [6, 6.07) is 4.76. The van der Waals surface area contributed by atoms with E-state index in [0.29, 0.717) is 16.3 Å². The third-order valence-electron chi connectivity index (χ3n) is 2.31. The van der Waals surface area contributed by atoms with Gasteiger partial charge in [0.25, 0.3) is 0 Å². The first kappa shape index (κ1) is 13.3. The van der Waals surface area contributed by atoms with E-state index in [4.69, 9.17) is 21.4 Å². The van der Waals surface area contributed by atoms with Crippen molar-refractivity contribution in [2.24, 2.45) is 0 Å². The van der Waals surface area contributed by atoms with Gasteiger partial charge >= 0.3 is 0 Å². The molecule has 1 aromatic rings. The van der Waals surface area contributed by atoms with E-state index in [2.05, 4.69) is 0 Å². The highest BCUT2D eigenvalue weighted by Crippen LogP contribution is 2.29. The van der Waals surface area contributed by atoms with Crippen LogP contribution in [0.1, 0.15) is 18.1 Å². The SMILES string of the molecule is COc1cc(C(O)C(O)CCO)ccc1Cl. The normalized spacial score (nSPS) is 14.6. The Hall–Kier alpha value is -0.810. The Kier molecular flexibility index (Phi) is 5.02. The molecular formula is C11H15ClO4. The number of methoxy groups -OCH3 is 1. The Morgan fingerprint density at radius 2 is 2.06 bits per heavy atom. The van der Waals surface area contributed by atoms with Gasteiger partial charge in [-0.3, -0.25) is 0 Å². The summed E-state index contributed by atoms with van der Waals surface area (Å²) < 4.78 is 5.00. The molecule has 0 saturated carbocycles. The minimum absolute atomic E-state index is 0.117. The maximum Gasteiger partial charge on any atom is 0.137 e. The Balaban J connectivity index is 2.87. The molecule has 5 heteroatoms. The lowest BCUT2D eigenvalue weighted by Gasteiger charge is -2.18. The topological polar surface area (TPSA) is 69.9 Å². The van der Waals surface area contributed by atoms with Crippen molar-refractivity contribution < 1.29 is 20.1 Å². The second-order valence-electron chi connectivity index (χ2n) is 3.42. The van der Waals surface area contributed by atoms with Crippen LogP contribution in [0.25, 0.3) is 0 Å². The lowest BCUT2D eigenvalue weighted by atomic mass is 10.0. The van der Waals surface area contributed by atoms with E-state index >= 15 is 0 Å². The van der Waals surface area contributed by atoms with Crippen LogP contribution in [-0.2, 0) is 0 Å². The van der Waals surface area contributed by atoms with Gasteiger partial charge in [0.2, 0.25) is 0 Å². The van der Waals surface area contributed by atoms with Crippen molar-refractivity contribution in [3.63, 3.8) is 0 Å². The van der Waals surface area contributed by atoms with Crippen LogP contribution in [0.15, 0.2) is 18.2 Å². The molecule has 16 heavy (non-hydrogen) atoms. The molecule has 0 heterocycles. The monoisotopic (exact) mass is 246 g/mol. The highest BCUT2D eigenvalue weighted by atomic mass is 35.5. The second-order valence-corrected chi connectivity index (χ2v) is 3.83. The van der Waals surface area contributed by atoms with Crippen LogP contribution in [0.3, 0.4) is 0 Å². The molecule has 0 spiro atoms. The largest absolute Gasteiger partial charge is 0.495 e. The van der Waals surface area contributed by atoms with E-state index in [1.54, 1.807) is 18.2 Å². The minimum Gasteiger partial charge on any atom is -0.495 e. The Morgan fingerprint density at radius 3 is 2.62 bits per heavy atom. The van der Waals surface area contributed by atoms with Crippen molar-refractivity contribution >= 4 is 11.6 Å². The summed E-state index contributed by atoms with van der Waals surface area (Å²) in [4.78, 5) is 0. The number of rotatable bonds is 5. The van der Waals surface area contributed by atoms with Gasteiger partial charge in [-0.15, -0.1) is 0 Å². The molecule has 1 rings (SSSR count). The van der Waals surface area contributed by atoms with E-state index in [1.165, 1.54) is 7.11 Å². The molecule has 0 bridgehead atoms. The lowest BCUT2D eigenvalue weighted by molar-refractivity contribution is 0.00413. The Bertz CT molecular complexity index is 343. The number of aliphatic hydroxyl groups is 3. The van der Waals surface area contributed by atoms with Crippen LogP contribution in [-0.4, -0.2) is 35.1 Å². The lowest BCUT2D eigenvalue weighted by Crippen LogP contribution is -2.19. The molecule has 1 aromatic carbocycles. The third-order valence-corrected chi connectivity index (χ3v) is 2.62. The van der Waals surface area contributed by atoms with E-state index in [9.17, 15) is 10.2 Å². The van der Waals surface area contributed by atoms with Gasteiger partial charge in [0.15, 0.2) is 0 Å². The average Bonchev–Trinajstić information content (AvgIpc) is 2.29. The van der Waals surface area contributed by atoms with Crippen LogP contribution in [0.2, 0.25) is 5.02 Å². The van der Waals surface area contributed by atoms with Crippen molar-refractivity contribution in [1.82, 2.24) is 0 Å². The summed E-state index contributed by atoms with van der Waals surface area (Å²) in [6.07, 6.45) is -1.94. The van der Waals surface area contributed by atoms with Crippen LogP contribution < -0.4 is 4.74 Å². The van der Waals surface area contributed by atoms with Crippen LogP contribution >= 0.6 is 11.6 Å². The number of hydrogen-bond acceptors (Lipinski definition) is 4. The van der Waals surface area contributed by atoms with Crippen molar-refractivity contribution in [3.8, 4) is 5.75 Å². The maximum atomic E-state index is 9.77. The first-order chi connectivity index (χ1) is 7.60. The Labute approximate surface area is 99.1 Å². The predicted molar refractivity (Wildman–Crippen MR) is 60.7 cm³/mol. The van der Waals surface area contributed by atoms with E-state index in [0.717, 1.165) is 0 Å². The van der Waals surface area contributed by atoms with Gasteiger partial charge in [-0.2, -0.15) is 0 Å². The van der Waals surface area contributed by atoms with E-state index < -0.39 is 12.2 Å². The summed E-state index contributed by atoms with van der Waals surface area (Å²) in [7, 11) is 1.47. The molecule has 3 N–H and O–H groups in total. The number of hydrogen-bond donors (Lipinski definition) is 3. The number of benzene rings is 1. The van der Waals surface area contributed by atoms with Gasteiger partial charge in [-0.1, -0.05) is 17.7 Å². The molecule has 0 aromatic heterocycles. The molecule has 0 radical (unpaired) electrons. The smallest absolute Gasteiger partial charge is 0.137 e. The molecule has 0 amide bonds. The molecule has 90 valence electrons. The summed E-state index contributed by atoms with van der Waals surface area (Å²) in [5.41, 5.74) is 0.502. The number of ether oxygens (including phenoxy) is 1. The summed E-state index contributed by atoms with van der Waals surface area (Å²) >= 11 is 5.83. The number of halogens is 1. The highest BCUT2D eigenvalue weighted by molar-refractivity contribution is 6.32. The number of aliphatic hydroxyl groups excluding tert-OH is 3. The highest BCUT2D eigenvalue weighted by Gasteiger charge is 2.18. The van der Waals surface area contributed by atoms with Crippen LogP contribution in [0.5, 0.6) is 5.75 Å². The fraction of sp³-hybridized carbons (Fsp3) is 0.455. The zero-order valence-corrected chi connectivity index (χ0v) is 9.68. The molecule has 4 nitrogen and oxygen atoms in total. The van der Waals surface area contributed by atoms with Crippen LogP contribution in [0.4, 0.5) is 0 Å². The van der Waals surface area contributed by atoms with Crippen molar-refractivity contribution in [1.29, 1.82) is 0 Å². The molecule has 2 atom stereocenters. The van der Waals surface area contributed by atoms with Gasteiger partial charge in [-0.25, -0.2) is 0 Å².